The topological polar surface area (TPSA) is 78.4 Å². The lowest BCUT2D eigenvalue weighted by molar-refractivity contribution is -0.140. The zero-order chi connectivity index (χ0) is 7.56. The number of amides is 1. The van der Waals surface area contributed by atoms with Gasteiger partial charge in [0.25, 0.3) is 0 Å². The Kier molecular flexibility index (Phi) is 1.86. The van der Waals surface area contributed by atoms with Crippen molar-refractivity contribution in [3.8, 4) is 0 Å². The second-order valence-electron chi connectivity index (χ2n) is 2.08. The van der Waals surface area contributed by atoms with E-state index in [0.29, 0.717) is 0 Å². The molecule has 10 heavy (non-hydrogen) atoms. The van der Waals surface area contributed by atoms with E-state index in [9.17, 15) is 9.59 Å². The van der Waals surface area contributed by atoms with Gasteiger partial charge in [0, 0.05) is 6.54 Å². The van der Waals surface area contributed by atoms with Crippen LogP contribution in [-0.4, -0.2) is 36.1 Å². The summed E-state index contributed by atoms with van der Waals surface area (Å²) in [5.41, 5.74) is 0. The number of carboxylic acids is 1. The maximum Gasteiger partial charge on any atom is 0.322 e. The fourth-order valence-electron chi connectivity index (χ4n) is 0.741. The van der Waals surface area contributed by atoms with Crippen molar-refractivity contribution in [2.24, 2.45) is 0 Å². The van der Waals surface area contributed by atoms with Crippen molar-refractivity contribution >= 4 is 11.9 Å². The van der Waals surface area contributed by atoms with Crippen LogP contribution in [0.25, 0.3) is 0 Å². The maximum atomic E-state index is 10.5. The van der Waals surface area contributed by atoms with Crippen LogP contribution in [0.5, 0.6) is 0 Å². The van der Waals surface area contributed by atoms with Gasteiger partial charge in [-0.3, -0.25) is 14.9 Å². The third kappa shape index (κ3) is 1.44. The lowest BCUT2D eigenvalue weighted by atomic mass is 10.2. The number of nitrogens with one attached hydrogen (secondary N) is 2. The standard InChI is InChI=1S/C5H8N2O3/c8-4-2-6-3(1-7-4)5(9)10/h3,6H,1-2H2,(H,7,8)(H,9,10). The molecule has 1 fully saturated rings. The molecule has 0 saturated carbocycles. The summed E-state index contributed by atoms with van der Waals surface area (Å²) in [6, 6.07) is -0.627. The summed E-state index contributed by atoms with van der Waals surface area (Å²) >= 11 is 0. The van der Waals surface area contributed by atoms with Gasteiger partial charge < -0.3 is 10.4 Å². The number of piperazine rings is 1. The zero-order valence-corrected chi connectivity index (χ0v) is 5.26. The van der Waals surface area contributed by atoms with Gasteiger partial charge in [-0.1, -0.05) is 0 Å². The molecular formula is C5H8N2O3. The molecule has 1 saturated heterocycles. The summed E-state index contributed by atoms with van der Waals surface area (Å²) < 4.78 is 0. The summed E-state index contributed by atoms with van der Waals surface area (Å²) in [7, 11) is 0. The molecule has 0 aliphatic carbocycles. The van der Waals surface area contributed by atoms with Gasteiger partial charge in [-0.25, -0.2) is 0 Å². The summed E-state index contributed by atoms with van der Waals surface area (Å²) in [5, 5.41) is 13.4. The van der Waals surface area contributed by atoms with E-state index in [0.717, 1.165) is 0 Å². The predicted molar refractivity (Wildman–Crippen MR) is 32.4 cm³/mol. The molecule has 56 valence electrons. The van der Waals surface area contributed by atoms with E-state index in [2.05, 4.69) is 10.6 Å². The third-order valence-electron chi connectivity index (χ3n) is 1.31. The van der Waals surface area contributed by atoms with E-state index in [1.807, 2.05) is 0 Å². The van der Waals surface area contributed by atoms with Crippen LogP contribution in [0.15, 0.2) is 0 Å². The molecule has 1 unspecified atom stereocenters. The first-order chi connectivity index (χ1) is 4.70. The number of hydrogen-bond donors (Lipinski definition) is 3. The number of carbonyl (C=O) groups excluding carboxylic acids is 1. The maximum absolute atomic E-state index is 10.5. The smallest absolute Gasteiger partial charge is 0.322 e. The van der Waals surface area contributed by atoms with Crippen LogP contribution in [0.1, 0.15) is 0 Å². The minimum Gasteiger partial charge on any atom is -0.480 e. The molecule has 1 heterocycles. The Morgan fingerprint density at radius 1 is 1.70 bits per heavy atom. The van der Waals surface area contributed by atoms with Gasteiger partial charge in [0.1, 0.15) is 6.04 Å². The molecule has 0 bridgehead atoms. The molecule has 0 aromatic heterocycles. The lowest BCUT2D eigenvalue weighted by Crippen LogP contribution is -2.55. The Hall–Kier alpha value is -1.10. The molecule has 1 rings (SSSR count). The van der Waals surface area contributed by atoms with Gasteiger partial charge in [-0.15, -0.1) is 0 Å². The molecule has 1 amide bonds. The van der Waals surface area contributed by atoms with Crippen LogP contribution in [0.2, 0.25) is 0 Å². The molecule has 1 aliphatic rings. The minimum absolute atomic E-state index is 0.0942. The fourth-order valence-corrected chi connectivity index (χ4v) is 0.741. The predicted octanol–water partition coefficient (Wildman–Crippen LogP) is -1.84. The Bertz CT molecular complexity index is 158. The second kappa shape index (κ2) is 2.66. The first-order valence-electron chi connectivity index (χ1n) is 2.93. The largest absolute Gasteiger partial charge is 0.480 e. The van der Waals surface area contributed by atoms with Crippen LogP contribution in [-0.2, 0) is 9.59 Å². The van der Waals surface area contributed by atoms with E-state index in [-0.39, 0.29) is 19.0 Å². The van der Waals surface area contributed by atoms with E-state index in [1.54, 1.807) is 0 Å². The fraction of sp³-hybridized carbons (Fsp3) is 0.600. The molecule has 3 N–H and O–H groups in total. The van der Waals surface area contributed by atoms with Crippen LogP contribution >= 0.6 is 0 Å². The van der Waals surface area contributed by atoms with E-state index in [4.69, 9.17) is 5.11 Å². The van der Waals surface area contributed by atoms with Gasteiger partial charge in [-0.05, 0) is 0 Å². The minimum atomic E-state index is -0.931. The quantitative estimate of drug-likeness (QED) is 0.404. The van der Waals surface area contributed by atoms with E-state index >= 15 is 0 Å². The van der Waals surface area contributed by atoms with Crippen molar-refractivity contribution in [1.82, 2.24) is 10.6 Å². The van der Waals surface area contributed by atoms with Crippen molar-refractivity contribution in [1.29, 1.82) is 0 Å². The Labute approximate surface area is 57.4 Å². The SMILES string of the molecule is O=C1CNC(C(=O)O)CN1. The summed E-state index contributed by atoms with van der Waals surface area (Å²) in [4.78, 5) is 20.7. The van der Waals surface area contributed by atoms with Crippen LogP contribution in [0, 0.1) is 0 Å². The van der Waals surface area contributed by atoms with Crippen LogP contribution < -0.4 is 10.6 Å². The molecule has 1 aliphatic heterocycles. The highest BCUT2D eigenvalue weighted by Gasteiger charge is 2.22. The van der Waals surface area contributed by atoms with E-state index in [1.165, 1.54) is 0 Å². The van der Waals surface area contributed by atoms with Crippen LogP contribution in [0.3, 0.4) is 0 Å². The van der Waals surface area contributed by atoms with Crippen molar-refractivity contribution in [3.63, 3.8) is 0 Å². The molecule has 0 radical (unpaired) electrons. The molecule has 0 aromatic rings. The van der Waals surface area contributed by atoms with Gasteiger partial charge in [0.2, 0.25) is 5.91 Å². The summed E-state index contributed by atoms with van der Waals surface area (Å²) in [6.45, 7) is 0.269. The Morgan fingerprint density at radius 2 is 2.40 bits per heavy atom. The number of carboxylic acid groups (broad SMARTS) is 1. The molecule has 0 spiro atoms. The van der Waals surface area contributed by atoms with Crippen molar-refractivity contribution < 1.29 is 14.7 Å². The molecule has 1 atom stereocenters. The second-order valence-corrected chi connectivity index (χ2v) is 2.08. The molecular weight excluding hydrogens is 136 g/mol. The zero-order valence-electron chi connectivity index (χ0n) is 5.26. The normalized spacial score (nSPS) is 25.6. The number of hydrogen-bond acceptors (Lipinski definition) is 3. The summed E-state index contributed by atoms with van der Waals surface area (Å²) in [5.74, 6) is -1.09. The van der Waals surface area contributed by atoms with Gasteiger partial charge in [0.15, 0.2) is 0 Å². The molecule has 0 aromatic carbocycles. The van der Waals surface area contributed by atoms with Crippen LogP contribution in [0.4, 0.5) is 0 Å². The number of aliphatic carboxylic acids is 1. The molecule has 5 nitrogen and oxygen atoms in total. The monoisotopic (exact) mass is 144 g/mol. The van der Waals surface area contributed by atoms with Crippen molar-refractivity contribution in [2.45, 2.75) is 6.04 Å². The highest BCUT2D eigenvalue weighted by atomic mass is 16.4. The Morgan fingerprint density at radius 3 is 2.80 bits per heavy atom. The first-order valence-corrected chi connectivity index (χ1v) is 2.93. The van der Waals surface area contributed by atoms with Gasteiger partial charge in [0.05, 0.1) is 6.54 Å². The lowest BCUT2D eigenvalue weighted by Gasteiger charge is -2.19. The average molecular weight is 144 g/mol. The molecule has 5 heteroatoms. The average Bonchev–Trinajstić information content (AvgIpc) is 1.88. The number of carbonyl (C=O) groups is 2. The summed E-state index contributed by atoms with van der Waals surface area (Å²) in [6.07, 6.45) is 0. The van der Waals surface area contributed by atoms with Crippen molar-refractivity contribution in [3.05, 3.63) is 0 Å². The third-order valence-corrected chi connectivity index (χ3v) is 1.31. The highest BCUT2D eigenvalue weighted by Crippen LogP contribution is 1.86. The highest BCUT2D eigenvalue weighted by molar-refractivity contribution is 5.83. The first kappa shape index (κ1) is 7.01. The van der Waals surface area contributed by atoms with Gasteiger partial charge in [-0.2, -0.15) is 0 Å². The van der Waals surface area contributed by atoms with E-state index < -0.39 is 12.0 Å². The van der Waals surface area contributed by atoms with Gasteiger partial charge >= 0.3 is 5.97 Å². The van der Waals surface area contributed by atoms with Crippen molar-refractivity contribution in [2.75, 3.05) is 13.1 Å². The number of rotatable bonds is 1. The Balaban J connectivity index is 2.40.